The maximum absolute atomic E-state index is 12.4. The first-order chi connectivity index (χ1) is 11.7. The van der Waals surface area contributed by atoms with Gasteiger partial charge in [-0.25, -0.2) is 0 Å². The van der Waals surface area contributed by atoms with E-state index in [4.69, 9.17) is 5.73 Å². The van der Waals surface area contributed by atoms with Gasteiger partial charge in [-0.2, -0.15) is 0 Å². The lowest BCUT2D eigenvalue weighted by atomic mass is 9.71. The molecule has 24 heavy (non-hydrogen) atoms. The monoisotopic (exact) mass is 329 g/mol. The number of piperidine rings is 2. The second-order valence-corrected chi connectivity index (χ2v) is 6.86. The standard InChI is InChI=1S/C19H27N3O2/c1-2-11-22-15-7-8-16(17(23)12-15)18(22)13-3-5-14(6-4-13)19(24)21-10-9-20/h3-6,15-16,18H,2,7-12,20H2,1H3,(H,21,24). The number of amides is 1. The third kappa shape index (κ3) is 3.23. The molecule has 3 fully saturated rings. The van der Waals surface area contributed by atoms with Crippen molar-refractivity contribution in [2.45, 2.75) is 44.7 Å². The van der Waals surface area contributed by atoms with Crippen LogP contribution in [0.15, 0.2) is 24.3 Å². The minimum Gasteiger partial charge on any atom is -0.351 e. The molecule has 3 atom stereocenters. The maximum Gasteiger partial charge on any atom is 0.251 e. The van der Waals surface area contributed by atoms with Gasteiger partial charge < -0.3 is 11.1 Å². The van der Waals surface area contributed by atoms with Crippen LogP contribution < -0.4 is 11.1 Å². The predicted molar refractivity (Wildman–Crippen MR) is 93.7 cm³/mol. The quantitative estimate of drug-likeness (QED) is 0.835. The Kier molecular flexibility index (Phi) is 5.31. The number of rotatable bonds is 6. The van der Waals surface area contributed by atoms with Crippen molar-refractivity contribution in [2.24, 2.45) is 11.7 Å². The van der Waals surface area contributed by atoms with Crippen molar-refractivity contribution in [2.75, 3.05) is 19.6 Å². The van der Waals surface area contributed by atoms with Gasteiger partial charge in [-0.1, -0.05) is 19.1 Å². The average molecular weight is 329 g/mol. The second-order valence-electron chi connectivity index (χ2n) is 6.86. The molecule has 0 aromatic heterocycles. The highest BCUT2D eigenvalue weighted by molar-refractivity contribution is 5.94. The first kappa shape index (κ1) is 17.1. The molecule has 2 saturated heterocycles. The van der Waals surface area contributed by atoms with Gasteiger partial charge in [-0.3, -0.25) is 14.5 Å². The first-order valence-electron chi connectivity index (χ1n) is 9.02. The molecule has 3 unspecified atom stereocenters. The summed E-state index contributed by atoms with van der Waals surface area (Å²) in [5, 5.41) is 2.78. The van der Waals surface area contributed by atoms with Gasteiger partial charge in [-0.05, 0) is 43.5 Å². The molecule has 2 aliphatic heterocycles. The summed E-state index contributed by atoms with van der Waals surface area (Å²) in [6.07, 6.45) is 3.92. The Morgan fingerprint density at radius 1 is 1.29 bits per heavy atom. The van der Waals surface area contributed by atoms with E-state index < -0.39 is 0 Å². The summed E-state index contributed by atoms with van der Waals surface area (Å²) in [5.74, 6) is 0.422. The minimum atomic E-state index is -0.0985. The van der Waals surface area contributed by atoms with Crippen LogP contribution in [0.4, 0.5) is 0 Å². The fourth-order valence-electron chi connectivity index (χ4n) is 4.22. The van der Waals surface area contributed by atoms with Crippen molar-refractivity contribution in [3.05, 3.63) is 35.4 Å². The normalized spacial score (nSPS) is 26.6. The number of Topliss-reactive ketones (excluding diaryl/α,β-unsaturated/α-hetero) is 1. The minimum absolute atomic E-state index is 0.0985. The van der Waals surface area contributed by atoms with E-state index in [1.54, 1.807) is 0 Å². The molecule has 4 rings (SSSR count). The number of nitrogens with zero attached hydrogens (tertiary/aromatic N) is 1. The zero-order chi connectivity index (χ0) is 17.1. The van der Waals surface area contributed by atoms with Crippen LogP contribution >= 0.6 is 0 Å². The van der Waals surface area contributed by atoms with Crippen LogP contribution in [-0.2, 0) is 4.79 Å². The Bertz CT molecular complexity index is 599. The fourth-order valence-corrected chi connectivity index (χ4v) is 4.22. The number of nitrogens with one attached hydrogen (secondary N) is 1. The first-order valence-corrected chi connectivity index (χ1v) is 9.02. The number of nitrogens with two attached hydrogens (primary N) is 1. The van der Waals surface area contributed by atoms with Crippen LogP contribution in [0.2, 0.25) is 0 Å². The predicted octanol–water partition coefficient (Wildman–Crippen LogP) is 1.88. The molecule has 2 bridgehead atoms. The van der Waals surface area contributed by atoms with E-state index >= 15 is 0 Å². The lowest BCUT2D eigenvalue weighted by molar-refractivity contribution is -0.138. The van der Waals surface area contributed by atoms with E-state index in [0.717, 1.165) is 31.4 Å². The lowest BCUT2D eigenvalue weighted by Gasteiger charge is -2.50. The Morgan fingerprint density at radius 2 is 2.04 bits per heavy atom. The van der Waals surface area contributed by atoms with Crippen molar-refractivity contribution in [1.82, 2.24) is 10.2 Å². The van der Waals surface area contributed by atoms with E-state index in [2.05, 4.69) is 17.1 Å². The van der Waals surface area contributed by atoms with Crippen molar-refractivity contribution >= 4 is 11.7 Å². The molecule has 5 heteroatoms. The molecule has 5 nitrogen and oxygen atoms in total. The van der Waals surface area contributed by atoms with Crippen LogP contribution in [0, 0.1) is 5.92 Å². The Hall–Kier alpha value is -1.72. The van der Waals surface area contributed by atoms with Crippen molar-refractivity contribution < 1.29 is 9.59 Å². The summed E-state index contributed by atoms with van der Waals surface area (Å²) in [5.41, 5.74) is 7.21. The number of ketones is 1. The Morgan fingerprint density at radius 3 is 2.67 bits per heavy atom. The number of fused-ring (bicyclic) bond motifs is 3. The van der Waals surface area contributed by atoms with Crippen molar-refractivity contribution in [3.8, 4) is 0 Å². The SMILES string of the molecule is CCCN1C2CCC(C(=O)C2)C1c1ccc(C(=O)NCCN)cc1. The van der Waals surface area contributed by atoms with Crippen LogP contribution in [0.25, 0.3) is 0 Å². The summed E-state index contributed by atoms with van der Waals surface area (Å²) in [6.45, 7) is 4.12. The molecule has 130 valence electrons. The zero-order valence-corrected chi connectivity index (χ0v) is 14.3. The van der Waals surface area contributed by atoms with Gasteiger partial charge in [0.2, 0.25) is 0 Å². The highest BCUT2D eigenvalue weighted by Crippen LogP contribution is 2.45. The lowest BCUT2D eigenvalue weighted by Crippen LogP contribution is -2.54. The van der Waals surface area contributed by atoms with E-state index in [1.165, 1.54) is 0 Å². The number of carbonyl (C=O) groups excluding carboxylic acids is 2. The number of benzene rings is 1. The maximum atomic E-state index is 12.4. The highest BCUT2D eigenvalue weighted by Gasteiger charge is 2.46. The molecule has 1 amide bonds. The van der Waals surface area contributed by atoms with E-state index in [-0.39, 0.29) is 17.9 Å². The molecule has 1 aromatic rings. The largest absolute Gasteiger partial charge is 0.351 e. The van der Waals surface area contributed by atoms with Gasteiger partial charge >= 0.3 is 0 Å². The van der Waals surface area contributed by atoms with Gasteiger partial charge in [-0.15, -0.1) is 0 Å². The molecular formula is C19H27N3O2. The molecule has 2 heterocycles. The summed E-state index contributed by atoms with van der Waals surface area (Å²) in [6, 6.07) is 8.30. The highest BCUT2D eigenvalue weighted by atomic mass is 16.1. The Balaban J connectivity index is 1.81. The Labute approximate surface area is 143 Å². The van der Waals surface area contributed by atoms with Gasteiger partial charge in [0.1, 0.15) is 5.78 Å². The summed E-state index contributed by atoms with van der Waals surface area (Å²) >= 11 is 0. The number of carbonyl (C=O) groups is 2. The molecule has 1 saturated carbocycles. The van der Waals surface area contributed by atoms with E-state index in [1.807, 2.05) is 24.3 Å². The van der Waals surface area contributed by atoms with E-state index in [9.17, 15) is 9.59 Å². The summed E-state index contributed by atoms with van der Waals surface area (Å²) < 4.78 is 0. The van der Waals surface area contributed by atoms with Gasteiger partial charge in [0.25, 0.3) is 5.91 Å². The van der Waals surface area contributed by atoms with Crippen LogP contribution in [0.5, 0.6) is 0 Å². The van der Waals surface area contributed by atoms with E-state index in [0.29, 0.717) is 36.9 Å². The molecule has 3 aliphatic rings. The van der Waals surface area contributed by atoms with Gasteiger partial charge in [0.15, 0.2) is 0 Å². The molecule has 1 aliphatic carbocycles. The smallest absolute Gasteiger partial charge is 0.251 e. The third-order valence-corrected chi connectivity index (χ3v) is 5.29. The molecule has 1 aromatic carbocycles. The summed E-state index contributed by atoms with van der Waals surface area (Å²) in [4.78, 5) is 26.9. The average Bonchev–Trinajstić information content (AvgIpc) is 2.61. The topological polar surface area (TPSA) is 75.4 Å². The van der Waals surface area contributed by atoms with Gasteiger partial charge in [0, 0.05) is 43.1 Å². The molecule has 0 radical (unpaired) electrons. The number of hydrogen-bond acceptors (Lipinski definition) is 4. The molecular weight excluding hydrogens is 302 g/mol. The summed E-state index contributed by atoms with van der Waals surface area (Å²) in [7, 11) is 0. The zero-order valence-electron chi connectivity index (χ0n) is 14.3. The van der Waals surface area contributed by atoms with Crippen LogP contribution in [-0.4, -0.2) is 42.3 Å². The van der Waals surface area contributed by atoms with Crippen molar-refractivity contribution in [1.29, 1.82) is 0 Å². The molecule has 3 N–H and O–H groups in total. The van der Waals surface area contributed by atoms with Crippen LogP contribution in [0.3, 0.4) is 0 Å². The second kappa shape index (κ2) is 7.45. The number of hydrogen-bond donors (Lipinski definition) is 2. The van der Waals surface area contributed by atoms with Gasteiger partial charge in [0.05, 0.1) is 0 Å². The fraction of sp³-hybridized carbons (Fsp3) is 0.579. The van der Waals surface area contributed by atoms with Crippen LogP contribution in [0.1, 0.15) is 54.6 Å². The van der Waals surface area contributed by atoms with Crippen molar-refractivity contribution in [3.63, 3.8) is 0 Å². The third-order valence-electron chi connectivity index (χ3n) is 5.29. The molecule has 0 spiro atoms.